The van der Waals surface area contributed by atoms with Crippen LogP contribution in [0.3, 0.4) is 0 Å². The number of carboxylic acids is 1. The van der Waals surface area contributed by atoms with Crippen molar-refractivity contribution in [3.63, 3.8) is 0 Å². The van der Waals surface area contributed by atoms with Crippen molar-refractivity contribution in [3.05, 3.63) is 74.7 Å². The van der Waals surface area contributed by atoms with Crippen LogP contribution in [0.25, 0.3) is 22.3 Å². The van der Waals surface area contributed by atoms with E-state index in [9.17, 15) is 14.7 Å². The smallest absolute Gasteiger partial charge is 0.358 e. The first-order valence-electron chi connectivity index (χ1n) is 11.3. The number of carbonyl (C=O) groups is 2. The number of nitrogens with zero attached hydrogens (tertiary/aromatic N) is 2. The van der Waals surface area contributed by atoms with Crippen LogP contribution in [0, 0.1) is 0 Å². The molecule has 0 saturated carbocycles. The number of carboxylic acid groups (broad SMARTS) is 1. The molecule has 9 heteroatoms. The molecule has 0 spiro atoms. The fourth-order valence-electron chi connectivity index (χ4n) is 3.99. The van der Waals surface area contributed by atoms with E-state index in [1.54, 1.807) is 31.2 Å². The van der Waals surface area contributed by atoms with Crippen LogP contribution in [-0.4, -0.2) is 33.2 Å². The molecular formula is C26H24BrClN2O5. The Hall–Kier alpha value is -3.10. The normalized spacial score (nSPS) is 11.2. The number of benzene rings is 2. The zero-order valence-corrected chi connectivity index (χ0v) is 21.6. The van der Waals surface area contributed by atoms with E-state index in [1.807, 2.05) is 22.8 Å². The van der Waals surface area contributed by atoms with Crippen LogP contribution in [0.5, 0.6) is 0 Å². The summed E-state index contributed by atoms with van der Waals surface area (Å²) in [5.74, 6) is -0.373. The van der Waals surface area contributed by atoms with Crippen molar-refractivity contribution in [2.75, 3.05) is 6.61 Å². The Balaban J connectivity index is 1.77. The number of carbonyl (C=O) groups excluding carboxylic acids is 1. The first-order chi connectivity index (χ1) is 16.8. The second kappa shape index (κ2) is 10.7. The number of aryl methyl sites for hydroxylation is 1. The number of fused-ring (bicyclic) bond motifs is 1. The maximum atomic E-state index is 12.6. The van der Waals surface area contributed by atoms with E-state index in [4.69, 9.17) is 20.8 Å². The molecule has 0 aliphatic carbocycles. The van der Waals surface area contributed by atoms with Crippen molar-refractivity contribution in [3.8, 4) is 11.3 Å². The first kappa shape index (κ1) is 25.0. The van der Waals surface area contributed by atoms with Crippen LogP contribution in [0.2, 0.25) is 5.15 Å². The lowest BCUT2D eigenvalue weighted by Crippen LogP contribution is -2.15. The maximum absolute atomic E-state index is 12.6. The zero-order valence-electron chi connectivity index (χ0n) is 19.3. The summed E-state index contributed by atoms with van der Waals surface area (Å²) < 4.78 is 13.7. The van der Waals surface area contributed by atoms with Gasteiger partial charge in [0, 0.05) is 23.9 Å². The number of aromatic nitrogens is 2. The van der Waals surface area contributed by atoms with E-state index in [0.29, 0.717) is 34.3 Å². The van der Waals surface area contributed by atoms with Gasteiger partial charge < -0.3 is 18.8 Å². The molecule has 0 radical (unpaired) electrons. The molecule has 7 nitrogen and oxygen atoms in total. The highest BCUT2D eigenvalue weighted by Gasteiger charge is 2.24. The van der Waals surface area contributed by atoms with Gasteiger partial charge in [-0.05, 0) is 53.0 Å². The molecule has 0 aliphatic rings. The van der Waals surface area contributed by atoms with Gasteiger partial charge in [-0.25, -0.2) is 14.6 Å². The van der Waals surface area contributed by atoms with Gasteiger partial charge in [-0.2, -0.15) is 0 Å². The summed E-state index contributed by atoms with van der Waals surface area (Å²) in [6.07, 6.45) is 2.57. The summed E-state index contributed by atoms with van der Waals surface area (Å²) in [7, 11) is 0. The standard InChI is InChI=1S/C26H24BrClN2O5/c1-3-5-10-20-29-24(28)22(26(33)34-4-2)30(20)14-15-11-12-19-18(13-15)21(27)23(35-19)16-8-6-7-9-17(16)25(31)32/h6-9,11-13H,3-5,10,14H2,1-2H3,(H,31,32). The number of halogens is 2. The Labute approximate surface area is 215 Å². The molecule has 182 valence electrons. The molecule has 2 aromatic heterocycles. The van der Waals surface area contributed by atoms with Gasteiger partial charge in [0.05, 0.1) is 16.6 Å². The molecule has 2 heterocycles. The zero-order chi connectivity index (χ0) is 25.1. The van der Waals surface area contributed by atoms with Crippen molar-refractivity contribution in [1.82, 2.24) is 9.55 Å². The number of ether oxygens (including phenoxy) is 1. The fourth-order valence-corrected chi connectivity index (χ4v) is 4.87. The van der Waals surface area contributed by atoms with Crippen LogP contribution in [0.4, 0.5) is 0 Å². The summed E-state index contributed by atoms with van der Waals surface area (Å²) in [6, 6.07) is 12.4. The highest BCUT2D eigenvalue weighted by atomic mass is 79.9. The highest BCUT2D eigenvalue weighted by molar-refractivity contribution is 9.10. The lowest BCUT2D eigenvalue weighted by Gasteiger charge is -2.12. The second-order valence-corrected chi connectivity index (χ2v) is 9.16. The van der Waals surface area contributed by atoms with Gasteiger partial charge in [-0.15, -0.1) is 0 Å². The number of imidazole rings is 1. The minimum Gasteiger partial charge on any atom is -0.478 e. The van der Waals surface area contributed by atoms with E-state index >= 15 is 0 Å². The minimum absolute atomic E-state index is 0.132. The molecule has 0 amide bonds. The van der Waals surface area contributed by atoms with Gasteiger partial charge in [0.2, 0.25) is 0 Å². The molecule has 0 fully saturated rings. The van der Waals surface area contributed by atoms with Crippen molar-refractivity contribution in [2.24, 2.45) is 0 Å². The van der Waals surface area contributed by atoms with Gasteiger partial charge in [0.15, 0.2) is 10.8 Å². The maximum Gasteiger partial charge on any atom is 0.358 e. The number of furan rings is 1. The summed E-state index contributed by atoms with van der Waals surface area (Å²) in [5, 5.41) is 10.5. The van der Waals surface area contributed by atoms with E-state index in [0.717, 1.165) is 29.6 Å². The molecule has 0 bridgehead atoms. The third-order valence-corrected chi connectivity index (χ3v) is 6.71. The molecule has 0 aliphatic heterocycles. The Morgan fingerprint density at radius 1 is 1.20 bits per heavy atom. The molecule has 1 N–H and O–H groups in total. The van der Waals surface area contributed by atoms with Gasteiger partial charge in [-0.1, -0.05) is 49.2 Å². The lowest BCUT2D eigenvalue weighted by atomic mass is 10.0. The molecule has 2 aromatic carbocycles. The second-order valence-electron chi connectivity index (χ2n) is 8.00. The Kier molecular flexibility index (Phi) is 7.62. The monoisotopic (exact) mass is 558 g/mol. The molecule has 0 saturated heterocycles. The van der Waals surface area contributed by atoms with E-state index in [2.05, 4.69) is 27.8 Å². The Bertz CT molecular complexity index is 1410. The molecular weight excluding hydrogens is 536 g/mol. The summed E-state index contributed by atoms with van der Waals surface area (Å²) in [4.78, 5) is 28.8. The highest BCUT2D eigenvalue weighted by Crippen LogP contribution is 2.39. The van der Waals surface area contributed by atoms with Crippen molar-refractivity contribution in [1.29, 1.82) is 0 Å². The third kappa shape index (κ3) is 4.99. The summed E-state index contributed by atoms with van der Waals surface area (Å²) in [5.41, 5.74) is 2.38. The third-order valence-electron chi connectivity index (χ3n) is 5.66. The predicted molar refractivity (Wildman–Crippen MR) is 137 cm³/mol. The Morgan fingerprint density at radius 3 is 2.69 bits per heavy atom. The number of hydrogen-bond acceptors (Lipinski definition) is 5. The lowest BCUT2D eigenvalue weighted by molar-refractivity contribution is 0.0513. The van der Waals surface area contributed by atoms with Gasteiger partial charge >= 0.3 is 11.9 Å². The summed E-state index contributed by atoms with van der Waals surface area (Å²) in [6.45, 7) is 4.43. The van der Waals surface area contributed by atoms with Gasteiger partial charge in [-0.3, -0.25) is 0 Å². The average molecular weight is 560 g/mol. The SMILES string of the molecule is CCCCc1nc(Cl)c(C(=O)OCC)n1Cc1ccc2oc(-c3ccccc3C(=O)O)c(Br)c2c1. The van der Waals surface area contributed by atoms with Crippen LogP contribution in [-0.2, 0) is 17.7 Å². The van der Waals surface area contributed by atoms with E-state index in [-0.39, 0.29) is 23.0 Å². The van der Waals surface area contributed by atoms with Crippen LogP contribution < -0.4 is 0 Å². The number of esters is 1. The van der Waals surface area contributed by atoms with Gasteiger partial charge in [0.25, 0.3) is 0 Å². The van der Waals surface area contributed by atoms with Gasteiger partial charge in [0.1, 0.15) is 17.2 Å². The number of aromatic carboxylic acids is 1. The van der Waals surface area contributed by atoms with Crippen molar-refractivity contribution < 1.29 is 23.8 Å². The first-order valence-corrected chi connectivity index (χ1v) is 12.5. The molecule has 4 rings (SSSR count). The fraction of sp³-hybridized carbons (Fsp3) is 0.269. The van der Waals surface area contributed by atoms with Crippen LogP contribution in [0.1, 0.15) is 58.9 Å². The molecule has 4 aromatic rings. The van der Waals surface area contributed by atoms with Crippen LogP contribution >= 0.6 is 27.5 Å². The molecule has 35 heavy (non-hydrogen) atoms. The minimum atomic E-state index is -1.03. The summed E-state index contributed by atoms with van der Waals surface area (Å²) >= 11 is 9.96. The van der Waals surface area contributed by atoms with Crippen LogP contribution in [0.15, 0.2) is 51.4 Å². The quantitative estimate of drug-likeness (QED) is 0.222. The van der Waals surface area contributed by atoms with E-state index in [1.165, 1.54) is 0 Å². The van der Waals surface area contributed by atoms with E-state index < -0.39 is 11.9 Å². The predicted octanol–water partition coefficient (Wildman–Crippen LogP) is 6.98. The number of unbranched alkanes of at least 4 members (excludes halogenated alkanes) is 1. The molecule has 0 atom stereocenters. The number of rotatable bonds is 9. The van der Waals surface area contributed by atoms with Crippen molar-refractivity contribution >= 4 is 50.4 Å². The number of hydrogen-bond donors (Lipinski definition) is 1. The average Bonchev–Trinajstić information content (AvgIpc) is 3.33. The molecule has 0 unspecified atom stereocenters. The topological polar surface area (TPSA) is 94.6 Å². The van der Waals surface area contributed by atoms with Crippen molar-refractivity contribution in [2.45, 2.75) is 39.7 Å². The Morgan fingerprint density at radius 2 is 1.97 bits per heavy atom. The largest absolute Gasteiger partial charge is 0.478 e.